The molecule has 2 fully saturated rings. The zero-order valence-corrected chi connectivity index (χ0v) is 20.4. The molecule has 4 rings (SSSR count). The SMILES string of the molecule is CS(=O)(=O)NCCn1c(=NC#N)n(C2CCN(C3CCCCCCC3)CC2)c2ccccc21. The zero-order valence-electron chi connectivity index (χ0n) is 19.6. The molecule has 1 saturated heterocycles. The minimum absolute atomic E-state index is 0.256. The molecule has 180 valence electrons. The topological polar surface area (TPSA) is 95.4 Å². The molecule has 1 N–H and O–H groups in total. The van der Waals surface area contributed by atoms with Crippen LogP contribution in [0.4, 0.5) is 0 Å². The van der Waals surface area contributed by atoms with E-state index >= 15 is 0 Å². The molecule has 2 aliphatic rings. The summed E-state index contributed by atoms with van der Waals surface area (Å²) < 4.78 is 29.8. The van der Waals surface area contributed by atoms with Gasteiger partial charge in [0.15, 0.2) is 0 Å². The number of fused-ring (bicyclic) bond motifs is 1. The largest absolute Gasteiger partial charge is 0.308 e. The molecule has 0 atom stereocenters. The molecule has 0 amide bonds. The second kappa shape index (κ2) is 10.9. The predicted octanol–water partition coefficient (Wildman–Crippen LogP) is 3.12. The Balaban J connectivity index is 1.58. The summed E-state index contributed by atoms with van der Waals surface area (Å²) in [6.45, 7) is 2.82. The van der Waals surface area contributed by atoms with E-state index in [9.17, 15) is 13.7 Å². The first-order chi connectivity index (χ1) is 16.0. The number of para-hydroxylation sites is 2. The summed E-state index contributed by atoms with van der Waals surface area (Å²) in [5, 5.41) is 9.45. The monoisotopic (exact) mass is 472 g/mol. The number of imidazole rings is 1. The number of nitrogens with zero attached hydrogens (tertiary/aromatic N) is 5. The van der Waals surface area contributed by atoms with Crippen LogP contribution in [-0.2, 0) is 16.6 Å². The minimum atomic E-state index is -3.28. The Labute approximate surface area is 197 Å². The van der Waals surface area contributed by atoms with Crippen molar-refractivity contribution in [3.8, 4) is 6.19 Å². The lowest BCUT2D eigenvalue weighted by molar-refractivity contribution is 0.115. The Morgan fingerprint density at radius 3 is 2.27 bits per heavy atom. The van der Waals surface area contributed by atoms with Gasteiger partial charge in [0.1, 0.15) is 0 Å². The second-order valence-electron chi connectivity index (χ2n) is 9.45. The van der Waals surface area contributed by atoms with Crippen LogP contribution in [0.5, 0.6) is 0 Å². The lowest BCUT2D eigenvalue weighted by Gasteiger charge is -2.39. The highest BCUT2D eigenvalue weighted by Crippen LogP contribution is 2.30. The van der Waals surface area contributed by atoms with Crippen molar-refractivity contribution >= 4 is 21.1 Å². The highest BCUT2D eigenvalue weighted by atomic mass is 32.2. The molecule has 0 bridgehead atoms. The third-order valence-electron chi connectivity index (χ3n) is 7.19. The van der Waals surface area contributed by atoms with Gasteiger partial charge >= 0.3 is 0 Å². The van der Waals surface area contributed by atoms with Gasteiger partial charge in [-0.05, 0) is 37.8 Å². The summed E-state index contributed by atoms with van der Waals surface area (Å²) in [6, 6.07) is 9.07. The standard InChI is InChI=1S/C24H36N6O2S/c1-33(31,32)27-15-18-29-22-11-7-8-12-23(22)30(24(29)26-19-25)21-13-16-28(17-14-21)20-9-5-3-2-4-6-10-20/h7-8,11-12,20-21,27H,2-6,9-10,13-18H2,1H3. The van der Waals surface area contributed by atoms with E-state index in [1.165, 1.54) is 44.9 Å². The number of piperidine rings is 1. The van der Waals surface area contributed by atoms with E-state index in [1.807, 2.05) is 29.0 Å². The van der Waals surface area contributed by atoms with E-state index in [4.69, 9.17) is 0 Å². The average Bonchev–Trinajstić information content (AvgIpc) is 3.07. The van der Waals surface area contributed by atoms with Gasteiger partial charge in [-0.15, -0.1) is 4.99 Å². The first-order valence-electron chi connectivity index (χ1n) is 12.3. The number of nitriles is 1. The fourth-order valence-electron chi connectivity index (χ4n) is 5.63. The van der Waals surface area contributed by atoms with E-state index in [2.05, 4.69) is 25.2 Å². The predicted molar refractivity (Wildman–Crippen MR) is 130 cm³/mol. The van der Waals surface area contributed by atoms with Crippen LogP contribution < -0.4 is 10.3 Å². The number of benzene rings is 1. The van der Waals surface area contributed by atoms with Crippen LogP contribution in [0, 0.1) is 11.5 Å². The number of sulfonamides is 1. The van der Waals surface area contributed by atoms with Gasteiger partial charge in [-0.2, -0.15) is 5.26 Å². The van der Waals surface area contributed by atoms with Crippen LogP contribution in [-0.4, -0.2) is 54.4 Å². The number of hydrogen-bond acceptors (Lipinski definition) is 5. The van der Waals surface area contributed by atoms with Crippen LogP contribution in [0.2, 0.25) is 0 Å². The molecular formula is C24H36N6O2S. The highest BCUT2D eigenvalue weighted by Gasteiger charge is 2.28. The summed E-state index contributed by atoms with van der Waals surface area (Å²) in [7, 11) is -3.28. The first-order valence-corrected chi connectivity index (χ1v) is 14.2. The average molecular weight is 473 g/mol. The van der Waals surface area contributed by atoms with E-state index < -0.39 is 10.0 Å². The Bertz CT molecular complexity index is 1140. The Hall–Kier alpha value is -2.15. The molecule has 1 aliphatic heterocycles. The van der Waals surface area contributed by atoms with Gasteiger partial charge in [0.05, 0.1) is 17.3 Å². The van der Waals surface area contributed by atoms with Crippen molar-refractivity contribution in [3.63, 3.8) is 0 Å². The zero-order chi connectivity index (χ0) is 23.3. The van der Waals surface area contributed by atoms with Crippen LogP contribution in [0.1, 0.15) is 63.8 Å². The highest BCUT2D eigenvalue weighted by molar-refractivity contribution is 7.88. The van der Waals surface area contributed by atoms with Gasteiger partial charge in [0.2, 0.25) is 21.8 Å². The van der Waals surface area contributed by atoms with Gasteiger partial charge in [0, 0.05) is 38.3 Å². The smallest absolute Gasteiger partial charge is 0.221 e. The third-order valence-corrected chi connectivity index (χ3v) is 7.92. The number of aromatic nitrogens is 2. The minimum Gasteiger partial charge on any atom is -0.308 e. The third kappa shape index (κ3) is 5.86. The van der Waals surface area contributed by atoms with Crippen molar-refractivity contribution in [2.24, 2.45) is 4.99 Å². The second-order valence-corrected chi connectivity index (χ2v) is 11.3. The Kier molecular flexibility index (Phi) is 7.89. The molecule has 1 aromatic carbocycles. The summed E-state index contributed by atoms with van der Waals surface area (Å²) in [5.41, 5.74) is 2.64. The summed E-state index contributed by atoms with van der Waals surface area (Å²) in [5.74, 6) is 0. The Morgan fingerprint density at radius 2 is 1.64 bits per heavy atom. The number of likely N-dealkylation sites (tertiary alicyclic amines) is 1. The van der Waals surface area contributed by atoms with Crippen LogP contribution in [0.25, 0.3) is 11.0 Å². The fourth-order valence-corrected chi connectivity index (χ4v) is 6.09. The number of rotatable bonds is 6. The van der Waals surface area contributed by atoms with Crippen molar-refractivity contribution in [2.75, 3.05) is 25.9 Å². The lowest BCUT2D eigenvalue weighted by Crippen LogP contribution is -2.43. The van der Waals surface area contributed by atoms with E-state index in [-0.39, 0.29) is 12.6 Å². The summed E-state index contributed by atoms with van der Waals surface area (Å²) in [4.78, 5) is 6.90. The van der Waals surface area contributed by atoms with Crippen LogP contribution >= 0.6 is 0 Å². The van der Waals surface area contributed by atoms with Gasteiger partial charge in [-0.25, -0.2) is 13.1 Å². The molecule has 33 heavy (non-hydrogen) atoms. The van der Waals surface area contributed by atoms with E-state index in [0.717, 1.165) is 43.2 Å². The van der Waals surface area contributed by atoms with E-state index in [0.29, 0.717) is 18.2 Å². The Morgan fingerprint density at radius 1 is 1.00 bits per heavy atom. The molecule has 0 radical (unpaired) electrons. The number of hydrogen-bond donors (Lipinski definition) is 1. The van der Waals surface area contributed by atoms with Gasteiger partial charge in [0.25, 0.3) is 0 Å². The molecule has 8 nitrogen and oxygen atoms in total. The molecule has 1 saturated carbocycles. The fraction of sp³-hybridized carbons (Fsp3) is 0.667. The van der Waals surface area contributed by atoms with Crippen LogP contribution in [0.3, 0.4) is 0 Å². The van der Waals surface area contributed by atoms with E-state index in [1.54, 1.807) is 0 Å². The van der Waals surface area contributed by atoms with Gasteiger partial charge in [-0.1, -0.05) is 44.2 Å². The normalized spacial score (nSPS) is 20.5. The maximum atomic E-state index is 11.5. The summed E-state index contributed by atoms with van der Waals surface area (Å²) >= 11 is 0. The summed E-state index contributed by atoms with van der Waals surface area (Å²) in [6.07, 6.45) is 14.7. The molecule has 0 unspecified atom stereocenters. The molecule has 1 aliphatic carbocycles. The van der Waals surface area contributed by atoms with Gasteiger partial charge < -0.3 is 14.0 Å². The van der Waals surface area contributed by atoms with Crippen molar-refractivity contribution in [1.82, 2.24) is 18.8 Å². The first kappa shape index (κ1) is 24.0. The molecule has 2 heterocycles. The van der Waals surface area contributed by atoms with Crippen LogP contribution in [0.15, 0.2) is 29.3 Å². The molecule has 9 heteroatoms. The maximum absolute atomic E-state index is 11.5. The maximum Gasteiger partial charge on any atom is 0.221 e. The van der Waals surface area contributed by atoms with Crippen molar-refractivity contribution < 1.29 is 8.42 Å². The molecule has 0 spiro atoms. The number of nitrogens with one attached hydrogen (secondary N) is 1. The molecule has 2 aromatic rings. The quantitative estimate of drug-likeness (QED) is 0.654. The lowest BCUT2D eigenvalue weighted by atomic mass is 9.93. The molecular weight excluding hydrogens is 436 g/mol. The van der Waals surface area contributed by atoms with Gasteiger partial charge in [-0.3, -0.25) is 0 Å². The van der Waals surface area contributed by atoms with Crippen molar-refractivity contribution in [1.29, 1.82) is 5.26 Å². The van der Waals surface area contributed by atoms with Crippen molar-refractivity contribution in [3.05, 3.63) is 29.9 Å². The van der Waals surface area contributed by atoms with Crippen molar-refractivity contribution in [2.45, 2.75) is 76.4 Å². The molecule has 1 aromatic heterocycles.